The largest absolute Gasteiger partial charge is 0.507 e. The number of hydrogen-bond donors (Lipinski definition) is 2. The van der Waals surface area contributed by atoms with Crippen LogP contribution >= 0.6 is 0 Å². The summed E-state index contributed by atoms with van der Waals surface area (Å²) in [6.07, 6.45) is 7.19. The molecule has 7 bridgehead atoms. The van der Waals surface area contributed by atoms with E-state index in [9.17, 15) is 29.1 Å². The average Bonchev–Trinajstić information content (AvgIpc) is 3.32. The van der Waals surface area contributed by atoms with Crippen LogP contribution in [0.15, 0.2) is 47.9 Å². The van der Waals surface area contributed by atoms with Crippen molar-refractivity contribution in [3.63, 3.8) is 0 Å². The van der Waals surface area contributed by atoms with Crippen LogP contribution in [-0.2, 0) is 28.5 Å². The Hall–Kier alpha value is -4.39. The molecule has 4 aliphatic heterocycles. The van der Waals surface area contributed by atoms with Gasteiger partial charge in [0.15, 0.2) is 11.6 Å². The third kappa shape index (κ3) is 6.36. The molecular weight excluding hydrogens is 646 g/mol. The average molecular weight is 692 g/mol. The molecule has 12 nitrogen and oxygen atoms in total. The molecule has 1 aromatic carbocycles. The number of carbonyl (C=O) groups is 5. The molecule has 0 spiro atoms. The van der Waals surface area contributed by atoms with Gasteiger partial charge in [-0.05, 0) is 33.8 Å². The topological polar surface area (TPSA) is 164 Å². The Morgan fingerprint density at radius 2 is 1.54 bits per heavy atom. The summed E-state index contributed by atoms with van der Waals surface area (Å²) < 4.78 is 30.1. The molecule has 0 radical (unpaired) electrons. The lowest BCUT2D eigenvalue weighted by atomic mass is 9.78. The predicted molar refractivity (Wildman–Crippen MR) is 181 cm³/mol. The maximum Gasteiger partial charge on any atom is 0.312 e. The minimum absolute atomic E-state index is 0.0368. The van der Waals surface area contributed by atoms with Crippen molar-refractivity contribution in [3.8, 4) is 11.5 Å². The quantitative estimate of drug-likeness (QED) is 0.404. The van der Waals surface area contributed by atoms with Crippen molar-refractivity contribution in [3.05, 3.63) is 70.2 Å². The first-order valence-corrected chi connectivity index (χ1v) is 16.7. The summed E-state index contributed by atoms with van der Waals surface area (Å²) in [4.78, 5) is 68.1. The summed E-state index contributed by atoms with van der Waals surface area (Å²) >= 11 is 0. The van der Waals surface area contributed by atoms with Gasteiger partial charge in [0.25, 0.3) is 11.7 Å². The Labute approximate surface area is 291 Å². The van der Waals surface area contributed by atoms with Crippen molar-refractivity contribution in [2.45, 2.75) is 92.2 Å². The maximum absolute atomic E-state index is 13.9. The number of Topliss-reactive ketones (excluding diaryl/α,β-unsaturated/α-hetero) is 3. The molecule has 50 heavy (non-hydrogen) atoms. The number of allylic oxidation sites excluding steroid dienone is 4. The van der Waals surface area contributed by atoms with Crippen LogP contribution in [0.2, 0.25) is 0 Å². The number of nitrogens with one attached hydrogen (secondary N) is 1. The van der Waals surface area contributed by atoms with E-state index in [1.54, 1.807) is 39.8 Å². The molecule has 1 aliphatic carbocycles. The van der Waals surface area contributed by atoms with Gasteiger partial charge in [-0.25, -0.2) is 0 Å². The van der Waals surface area contributed by atoms with E-state index in [1.807, 2.05) is 26.8 Å². The molecular formula is C38H45NO11. The number of hydrogen-bond acceptors (Lipinski definition) is 11. The molecule has 8 atom stereocenters. The number of phenols is 1. The standard InChI is InChI=1S/C38H45NO11/c1-17-12-11-13-18(2)36(45)39-23-16-24(40)26-27(31(23)43)30(42)21(5)34-28(26)35(44)38(9,50-34)47-15-14-25(46-10)19(3)29(41)20(4)33-22(6)32(17)48-37(7,8)49-33/h11-17,19-20,22,25,32-33,42H,1-10H3,(H,39,45)/b12-11+,15-14+,18-13-. The minimum Gasteiger partial charge on any atom is -0.507 e. The van der Waals surface area contributed by atoms with Gasteiger partial charge in [0.05, 0.1) is 47.0 Å². The fraction of sp³-hybridized carbons (Fsp3) is 0.500. The second-order valence-electron chi connectivity index (χ2n) is 14.2. The van der Waals surface area contributed by atoms with Crippen LogP contribution in [0.4, 0.5) is 0 Å². The Morgan fingerprint density at radius 3 is 2.20 bits per heavy atom. The second-order valence-corrected chi connectivity index (χ2v) is 14.2. The lowest BCUT2D eigenvalue weighted by molar-refractivity contribution is -0.330. The Bertz CT molecular complexity index is 1780. The van der Waals surface area contributed by atoms with Gasteiger partial charge in [-0.1, -0.05) is 45.9 Å². The van der Waals surface area contributed by atoms with Gasteiger partial charge in [-0.15, -0.1) is 0 Å². The van der Waals surface area contributed by atoms with E-state index < -0.39 is 70.2 Å². The lowest BCUT2D eigenvalue weighted by Crippen LogP contribution is -2.55. The molecule has 1 aromatic rings. The molecule has 2 N–H and O–H groups in total. The third-order valence-electron chi connectivity index (χ3n) is 10.1. The van der Waals surface area contributed by atoms with Crippen molar-refractivity contribution in [2.24, 2.45) is 23.7 Å². The van der Waals surface area contributed by atoms with Gasteiger partial charge in [0.2, 0.25) is 5.78 Å². The molecule has 4 heterocycles. The van der Waals surface area contributed by atoms with Gasteiger partial charge in [0, 0.05) is 54.9 Å². The van der Waals surface area contributed by atoms with Crippen LogP contribution in [0.1, 0.15) is 92.0 Å². The molecule has 1 fully saturated rings. The summed E-state index contributed by atoms with van der Waals surface area (Å²) in [5.41, 5.74) is -1.07. The molecule has 268 valence electrons. The van der Waals surface area contributed by atoms with Crippen molar-refractivity contribution in [1.82, 2.24) is 5.32 Å². The van der Waals surface area contributed by atoms with Crippen LogP contribution in [0.5, 0.6) is 11.5 Å². The predicted octanol–water partition coefficient (Wildman–Crippen LogP) is 5.07. The minimum atomic E-state index is -1.99. The number of ether oxygens (including phenoxy) is 5. The zero-order chi connectivity index (χ0) is 37.0. The molecule has 12 heteroatoms. The SMILES string of the molecule is COC1/C=C/OC2(C)Oc3c(C)c(O)c4c(c3C2=O)C(=O)C=C(NC(=O)/C(C)=C\C=C\C(C)C2OC(C)(C)OC(C(C)C(=O)C1C)C2C)C4=O. The van der Waals surface area contributed by atoms with Crippen LogP contribution in [0.3, 0.4) is 0 Å². The van der Waals surface area contributed by atoms with E-state index in [4.69, 9.17) is 23.7 Å². The highest BCUT2D eigenvalue weighted by Crippen LogP contribution is 2.48. The first kappa shape index (κ1) is 36.9. The third-order valence-corrected chi connectivity index (χ3v) is 10.1. The summed E-state index contributed by atoms with van der Waals surface area (Å²) in [6.45, 7) is 15.4. The van der Waals surface area contributed by atoms with Gasteiger partial charge in [0.1, 0.15) is 17.3 Å². The molecule has 8 unspecified atom stereocenters. The van der Waals surface area contributed by atoms with Crippen LogP contribution in [0.25, 0.3) is 0 Å². The Balaban J connectivity index is 1.59. The molecule has 0 aromatic heterocycles. The molecule has 1 saturated heterocycles. The number of phenolic OH excluding ortho intramolecular Hbond substituents is 1. The highest BCUT2D eigenvalue weighted by Gasteiger charge is 2.52. The number of rotatable bonds is 1. The Morgan fingerprint density at radius 1 is 0.880 bits per heavy atom. The second kappa shape index (κ2) is 13.4. The smallest absolute Gasteiger partial charge is 0.312 e. The number of aromatic hydroxyl groups is 1. The molecule has 6 rings (SSSR count). The van der Waals surface area contributed by atoms with E-state index >= 15 is 0 Å². The van der Waals surface area contributed by atoms with Gasteiger partial charge < -0.3 is 34.1 Å². The summed E-state index contributed by atoms with van der Waals surface area (Å²) in [7, 11) is 1.45. The van der Waals surface area contributed by atoms with E-state index in [0.717, 1.165) is 6.08 Å². The van der Waals surface area contributed by atoms with Gasteiger partial charge in [-0.2, -0.15) is 0 Å². The van der Waals surface area contributed by atoms with E-state index in [2.05, 4.69) is 5.32 Å². The fourth-order valence-electron chi connectivity index (χ4n) is 7.14. The fourth-order valence-corrected chi connectivity index (χ4v) is 7.14. The van der Waals surface area contributed by atoms with Crippen molar-refractivity contribution in [1.29, 1.82) is 0 Å². The highest BCUT2D eigenvalue weighted by atomic mass is 16.7. The number of fused-ring (bicyclic) bond motifs is 10. The van der Waals surface area contributed by atoms with Crippen LogP contribution in [0, 0.1) is 30.6 Å². The zero-order valence-electron chi connectivity index (χ0n) is 30.0. The lowest BCUT2D eigenvalue weighted by Gasteiger charge is -2.48. The van der Waals surface area contributed by atoms with Crippen LogP contribution < -0.4 is 10.1 Å². The molecule has 5 aliphatic rings. The Kier molecular flexibility index (Phi) is 9.87. The normalized spacial score (nSPS) is 35.3. The maximum atomic E-state index is 13.9. The molecule has 1 amide bonds. The molecule has 0 saturated carbocycles. The first-order valence-electron chi connectivity index (χ1n) is 16.7. The van der Waals surface area contributed by atoms with E-state index in [0.29, 0.717) is 0 Å². The summed E-state index contributed by atoms with van der Waals surface area (Å²) in [6, 6.07) is 0. The van der Waals surface area contributed by atoms with Crippen molar-refractivity contribution >= 4 is 29.0 Å². The zero-order valence-corrected chi connectivity index (χ0v) is 30.0. The van der Waals surface area contributed by atoms with Gasteiger partial charge >= 0.3 is 5.79 Å². The van der Waals surface area contributed by atoms with Gasteiger partial charge in [-0.3, -0.25) is 24.0 Å². The highest BCUT2D eigenvalue weighted by molar-refractivity contribution is 6.30. The van der Waals surface area contributed by atoms with Crippen molar-refractivity contribution in [2.75, 3.05) is 7.11 Å². The first-order chi connectivity index (χ1) is 23.3. The monoisotopic (exact) mass is 691 g/mol. The number of benzene rings is 1. The number of ketones is 4. The van der Waals surface area contributed by atoms with Crippen LogP contribution in [-0.4, -0.2) is 71.1 Å². The number of amides is 1. The number of methoxy groups -OCH3 is 1. The number of carbonyl (C=O) groups excluding carboxylic acids is 5. The summed E-state index contributed by atoms with van der Waals surface area (Å²) in [5.74, 6) is -8.36. The van der Waals surface area contributed by atoms with E-state index in [1.165, 1.54) is 33.3 Å². The van der Waals surface area contributed by atoms with Crippen molar-refractivity contribution < 1.29 is 52.8 Å². The summed E-state index contributed by atoms with van der Waals surface area (Å²) in [5, 5.41) is 13.6. The van der Waals surface area contributed by atoms with E-state index in [-0.39, 0.29) is 57.4 Å².